The molecule has 0 bridgehead atoms. The lowest BCUT2D eigenvalue weighted by molar-refractivity contribution is 0.165. The Morgan fingerprint density at radius 3 is 1.14 bits per heavy atom. The number of nitrogens with two attached hydrogens (primary N) is 5. The molecule has 212 valence electrons. The first-order valence-electron chi connectivity index (χ1n) is 13.8. The van der Waals surface area contributed by atoms with Crippen LogP contribution in [0.15, 0.2) is 0 Å². The molecule has 0 heterocycles. The number of rotatable bonds is 27. The third-order valence-electron chi connectivity index (χ3n) is 6.06. The molecular weight excluding hydrogens is 442 g/mol. The average Bonchev–Trinajstić information content (AvgIpc) is 2.83. The van der Waals surface area contributed by atoms with Gasteiger partial charge in [-0.3, -0.25) is 19.6 Å². The summed E-state index contributed by atoms with van der Waals surface area (Å²) < 4.78 is 0. The third-order valence-corrected chi connectivity index (χ3v) is 6.06. The molecule has 0 saturated heterocycles. The van der Waals surface area contributed by atoms with Crippen LogP contribution in [0, 0.1) is 5.92 Å². The van der Waals surface area contributed by atoms with Crippen LogP contribution in [-0.4, -0.2) is 157 Å². The Kier molecular flexibility index (Phi) is 24.9. The summed E-state index contributed by atoms with van der Waals surface area (Å²) in [7, 11) is 0. The number of nitrogens with zero attached hydrogens (tertiary/aromatic N) is 4. The highest BCUT2D eigenvalue weighted by Crippen LogP contribution is 1.97. The van der Waals surface area contributed by atoms with E-state index in [-0.39, 0.29) is 0 Å². The van der Waals surface area contributed by atoms with E-state index in [0.717, 1.165) is 105 Å². The van der Waals surface area contributed by atoms with Crippen molar-refractivity contribution in [2.24, 2.45) is 34.6 Å². The molecule has 11 nitrogen and oxygen atoms in total. The zero-order valence-corrected chi connectivity index (χ0v) is 23.1. The van der Waals surface area contributed by atoms with Gasteiger partial charge in [-0.2, -0.15) is 0 Å². The Morgan fingerprint density at radius 1 is 0.429 bits per heavy atom. The molecule has 0 saturated carbocycles. The van der Waals surface area contributed by atoms with E-state index >= 15 is 0 Å². The summed E-state index contributed by atoms with van der Waals surface area (Å²) in [6, 6.07) is 0. The Morgan fingerprint density at radius 2 is 0.771 bits per heavy atom. The van der Waals surface area contributed by atoms with Gasteiger partial charge in [-0.1, -0.05) is 13.8 Å². The summed E-state index contributed by atoms with van der Waals surface area (Å²) in [6.07, 6.45) is 0. The quantitative estimate of drug-likeness (QED) is 0.0565. The first-order valence-corrected chi connectivity index (χ1v) is 13.8. The van der Waals surface area contributed by atoms with Crippen LogP contribution < -0.4 is 39.3 Å². The molecule has 0 aliphatic rings. The third kappa shape index (κ3) is 21.4. The molecule has 0 rings (SSSR count). The molecule has 0 amide bonds. The van der Waals surface area contributed by atoms with Crippen LogP contribution in [0.25, 0.3) is 0 Å². The van der Waals surface area contributed by atoms with E-state index in [0.29, 0.717) is 38.6 Å². The van der Waals surface area contributed by atoms with Crippen molar-refractivity contribution in [2.45, 2.75) is 13.8 Å². The highest BCUT2D eigenvalue weighted by molar-refractivity contribution is 4.71. The van der Waals surface area contributed by atoms with Gasteiger partial charge in [0, 0.05) is 131 Å². The minimum absolute atomic E-state index is 0.662. The molecule has 0 atom stereocenters. The predicted octanol–water partition coefficient (Wildman–Crippen LogP) is -3.18. The lowest BCUT2D eigenvalue weighted by atomic mass is 10.2. The monoisotopic (exact) mass is 504 g/mol. The van der Waals surface area contributed by atoms with Gasteiger partial charge in [0.05, 0.1) is 0 Å². The molecule has 0 radical (unpaired) electrons. The van der Waals surface area contributed by atoms with Crippen LogP contribution in [0.1, 0.15) is 13.8 Å². The van der Waals surface area contributed by atoms with Crippen molar-refractivity contribution in [1.82, 2.24) is 30.2 Å². The van der Waals surface area contributed by atoms with Crippen LogP contribution in [0.2, 0.25) is 0 Å². The molecule has 0 aliphatic carbocycles. The summed E-state index contributed by atoms with van der Waals surface area (Å²) in [6.45, 7) is 23.4. The number of hydrogen-bond donors (Lipinski definition) is 7. The molecule has 35 heavy (non-hydrogen) atoms. The van der Waals surface area contributed by atoms with Gasteiger partial charge in [0.2, 0.25) is 0 Å². The molecule has 0 aromatic carbocycles. The standard InChI is InChI=1S/C24H61N11/c1-24(2)23-31-10-16-35(21-17-32(11-4-26)12-5-27)22-20-34(14-7-29)19-18-33(13-6-28)15-9-30-8-3-25/h24,30-31H,3-23,25-29H2,1-2H3. The van der Waals surface area contributed by atoms with Crippen molar-refractivity contribution in [3.8, 4) is 0 Å². The summed E-state index contributed by atoms with van der Waals surface area (Å²) in [5.41, 5.74) is 29.0. The van der Waals surface area contributed by atoms with Crippen molar-refractivity contribution in [3.63, 3.8) is 0 Å². The minimum atomic E-state index is 0.662. The second-order valence-corrected chi connectivity index (χ2v) is 9.66. The zero-order valence-electron chi connectivity index (χ0n) is 23.1. The van der Waals surface area contributed by atoms with Crippen LogP contribution in [-0.2, 0) is 0 Å². The Bertz CT molecular complexity index is 422. The van der Waals surface area contributed by atoms with Crippen molar-refractivity contribution in [2.75, 3.05) is 137 Å². The molecule has 12 N–H and O–H groups in total. The Labute approximate surface area is 216 Å². The van der Waals surface area contributed by atoms with Crippen LogP contribution in [0.3, 0.4) is 0 Å². The van der Waals surface area contributed by atoms with Gasteiger partial charge in [-0.25, -0.2) is 0 Å². The normalized spacial score (nSPS) is 12.3. The van der Waals surface area contributed by atoms with E-state index in [1.807, 2.05) is 0 Å². The average molecular weight is 504 g/mol. The summed E-state index contributed by atoms with van der Waals surface area (Å²) in [4.78, 5) is 9.85. The van der Waals surface area contributed by atoms with Gasteiger partial charge in [0.15, 0.2) is 0 Å². The van der Waals surface area contributed by atoms with E-state index in [1.54, 1.807) is 0 Å². The molecular formula is C24H61N11. The molecule has 0 aliphatic heterocycles. The molecule has 0 aromatic heterocycles. The molecule has 0 spiro atoms. The maximum Gasteiger partial charge on any atom is 0.0110 e. The van der Waals surface area contributed by atoms with Gasteiger partial charge in [-0.05, 0) is 12.5 Å². The molecule has 11 heteroatoms. The fourth-order valence-corrected chi connectivity index (χ4v) is 4.01. The molecule has 0 fully saturated rings. The van der Waals surface area contributed by atoms with Crippen molar-refractivity contribution < 1.29 is 0 Å². The Hall–Kier alpha value is -0.440. The second kappa shape index (κ2) is 25.2. The fourth-order valence-electron chi connectivity index (χ4n) is 4.01. The molecule has 0 unspecified atom stereocenters. The van der Waals surface area contributed by atoms with E-state index < -0.39 is 0 Å². The summed E-state index contributed by atoms with van der Waals surface area (Å²) in [5.74, 6) is 0.662. The maximum atomic E-state index is 5.95. The highest BCUT2D eigenvalue weighted by atomic mass is 15.2. The lowest BCUT2D eigenvalue weighted by Crippen LogP contribution is -2.46. The predicted molar refractivity (Wildman–Crippen MR) is 152 cm³/mol. The van der Waals surface area contributed by atoms with Crippen molar-refractivity contribution in [1.29, 1.82) is 0 Å². The summed E-state index contributed by atoms with van der Waals surface area (Å²) in [5, 5.41) is 6.96. The fraction of sp³-hybridized carbons (Fsp3) is 1.00. The van der Waals surface area contributed by atoms with Crippen LogP contribution in [0.5, 0.6) is 0 Å². The SMILES string of the molecule is CC(C)CNCCN(CCN(CCN)CCN)CCN(CCN)CCN(CCN)CCNCCN. The van der Waals surface area contributed by atoms with E-state index in [1.165, 1.54) is 0 Å². The maximum absolute atomic E-state index is 5.95. The largest absolute Gasteiger partial charge is 0.329 e. The zero-order chi connectivity index (χ0) is 26.2. The highest BCUT2D eigenvalue weighted by Gasteiger charge is 2.13. The molecule has 0 aromatic rings. The topological polar surface area (TPSA) is 167 Å². The van der Waals surface area contributed by atoms with Crippen molar-refractivity contribution >= 4 is 0 Å². The van der Waals surface area contributed by atoms with Gasteiger partial charge in [0.25, 0.3) is 0 Å². The lowest BCUT2D eigenvalue weighted by Gasteiger charge is -2.31. The number of hydrogen-bond acceptors (Lipinski definition) is 11. The van der Waals surface area contributed by atoms with E-state index in [9.17, 15) is 0 Å². The van der Waals surface area contributed by atoms with Crippen LogP contribution in [0.4, 0.5) is 0 Å². The first-order chi connectivity index (χ1) is 17.0. The summed E-state index contributed by atoms with van der Waals surface area (Å²) >= 11 is 0. The van der Waals surface area contributed by atoms with Crippen molar-refractivity contribution in [3.05, 3.63) is 0 Å². The smallest absolute Gasteiger partial charge is 0.0110 e. The number of nitrogens with one attached hydrogen (secondary N) is 2. The van der Waals surface area contributed by atoms with Gasteiger partial charge >= 0.3 is 0 Å². The van der Waals surface area contributed by atoms with E-state index in [2.05, 4.69) is 44.1 Å². The van der Waals surface area contributed by atoms with Gasteiger partial charge in [0.1, 0.15) is 0 Å². The van der Waals surface area contributed by atoms with Gasteiger partial charge in [-0.15, -0.1) is 0 Å². The van der Waals surface area contributed by atoms with E-state index in [4.69, 9.17) is 28.7 Å². The first kappa shape index (κ1) is 34.6. The minimum Gasteiger partial charge on any atom is -0.329 e. The second-order valence-electron chi connectivity index (χ2n) is 9.66. The van der Waals surface area contributed by atoms with Crippen LogP contribution >= 0.6 is 0 Å². The Balaban J connectivity index is 4.78. The van der Waals surface area contributed by atoms with Gasteiger partial charge < -0.3 is 39.3 Å².